The highest BCUT2D eigenvalue weighted by molar-refractivity contribution is 9.10. The summed E-state index contributed by atoms with van der Waals surface area (Å²) in [6.45, 7) is 0.999. The zero-order valence-corrected chi connectivity index (χ0v) is 6.94. The van der Waals surface area contributed by atoms with Crippen LogP contribution in [0.25, 0.3) is 0 Å². The molecule has 0 fully saturated rings. The number of fused-ring (bicyclic) bond motifs is 1. The second-order valence-corrected chi connectivity index (χ2v) is 3.51. The SMILES string of the molecule is Brc1nc2n(n1)CCS2. The first-order valence-corrected chi connectivity index (χ1v) is 4.37. The minimum atomic E-state index is 0.699. The van der Waals surface area contributed by atoms with Gasteiger partial charge in [-0.3, -0.25) is 0 Å². The highest BCUT2D eigenvalue weighted by Gasteiger charge is 2.13. The first-order chi connectivity index (χ1) is 4.36. The van der Waals surface area contributed by atoms with Gasteiger partial charge in [-0.25, -0.2) is 4.68 Å². The fraction of sp³-hybridized carbons (Fsp3) is 0.500. The van der Waals surface area contributed by atoms with Crippen LogP contribution in [0.15, 0.2) is 9.89 Å². The van der Waals surface area contributed by atoms with Crippen molar-refractivity contribution in [3.05, 3.63) is 4.73 Å². The predicted octanol–water partition coefficient (Wildman–Crippen LogP) is 1.15. The van der Waals surface area contributed by atoms with Crippen LogP contribution in [0.3, 0.4) is 0 Å². The van der Waals surface area contributed by atoms with E-state index in [4.69, 9.17) is 0 Å². The van der Waals surface area contributed by atoms with Gasteiger partial charge in [-0.15, -0.1) is 5.10 Å². The summed E-state index contributed by atoms with van der Waals surface area (Å²) in [5.41, 5.74) is 0. The maximum atomic E-state index is 4.12. The third-order valence-electron chi connectivity index (χ3n) is 1.15. The van der Waals surface area contributed by atoms with Gasteiger partial charge in [0.15, 0.2) is 5.16 Å². The van der Waals surface area contributed by atoms with Gasteiger partial charge in [0.05, 0.1) is 6.54 Å². The number of halogens is 1. The topological polar surface area (TPSA) is 30.7 Å². The van der Waals surface area contributed by atoms with E-state index < -0.39 is 0 Å². The number of thioether (sulfide) groups is 1. The Bertz CT molecular complexity index is 212. The average Bonchev–Trinajstić information content (AvgIpc) is 2.22. The lowest BCUT2D eigenvalue weighted by Gasteiger charge is -1.84. The molecule has 2 rings (SSSR count). The highest BCUT2D eigenvalue weighted by Crippen LogP contribution is 2.23. The minimum Gasteiger partial charge on any atom is -0.239 e. The smallest absolute Gasteiger partial charge is 0.218 e. The number of hydrogen-bond acceptors (Lipinski definition) is 3. The van der Waals surface area contributed by atoms with Gasteiger partial charge in [0.2, 0.25) is 4.73 Å². The lowest BCUT2D eigenvalue weighted by molar-refractivity contribution is 0.623. The summed E-state index contributed by atoms with van der Waals surface area (Å²) in [5, 5.41) is 5.12. The Hall–Kier alpha value is -0.0300. The van der Waals surface area contributed by atoms with Crippen LogP contribution >= 0.6 is 27.7 Å². The molecule has 0 spiro atoms. The van der Waals surface area contributed by atoms with Crippen LogP contribution in [0.4, 0.5) is 0 Å². The lowest BCUT2D eigenvalue weighted by Crippen LogP contribution is -1.94. The summed E-state index contributed by atoms with van der Waals surface area (Å²) in [5.74, 6) is 1.11. The average molecular weight is 206 g/mol. The first-order valence-electron chi connectivity index (χ1n) is 2.59. The molecule has 0 saturated heterocycles. The normalized spacial score (nSPS) is 16.1. The monoisotopic (exact) mass is 205 g/mol. The number of nitrogens with zero attached hydrogens (tertiary/aromatic N) is 3. The molecule has 3 nitrogen and oxygen atoms in total. The number of hydrogen-bond donors (Lipinski definition) is 0. The fourth-order valence-electron chi connectivity index (χ4n) is 0.777. The molecule has 0 unspecified atom stereocenters. The molecule has 2 heterocycles. The molecule has 0 atom stereocenters. The summed E-state index contributed by atoms with van der Waals surface area (Å²) in [6, 6.07) is 0. The lowest BCUT2D eigenvalue weighted by atomic mass is 10.8. The summed E-state index contributed by atoms with van der Waals surface area (Å²) in [4.78, 5) is 4.12. The van der Waals surface area contributed by atoms with Crippen LogP contribution in [0.1, 0.15) is 0 Å². The van der Waals surface area contributed by atoms with Crippen molar-refractivity contribution in [3.8, 4) is 0 Å². The fourth-order valence-corrected chi connectivity index (χ4v) is 2.13. The maximum absolute atomic E-state index is 4.12. The van der Waals surface area contributed by atoms with Crippen LogP contribution < -0.4 is 0 Å². The van der Waals surface area contributed by atoms with E-state index in [1.165, 1.54) is 0 Å². The van der Waals surface area contributed by atoms with Gasteiger partial charge >= 0.3 is 0 Å². The van der Waals surface area contributed by atoms with Gasteiger partial charge in [-0.2, -0.15) is 4.98 Å². The largest absolute Gasteiger partial charge is 0.239 e. The van der Waals surface area contributed by atoms with E-state index in [9.17, 15) is 0 Å². The molecule has 0 bridgehead atoms. The van der Waals surface area contributed by atoms with E-state index in [1.807, 2.05) is 4.68 Å². The summed E-state index contributed by atoms with van der Waals surface area (Å²) in [7, 11) is 0. The van der Waals surface area contributed by atoms with E-state index in [-0.39, 0.29) is 0 Å². The van der Waals surface area contributed by atoms with Gasteiger partial charge in [0.1, 0.15) is 0 Å². The Morgan fingerprint density at radius 3 is 3.33 bits per heavy atom. The molecule has 0 N–H and O–H groups in total. The van der Waals surface area contributed by atoms with Crippen molar-refractivity contribution in [1.29, 1.82) is 0 Å². The van der Waals surface area contributed by atoms with Gasteiger partial charge in [0, 0.05) is 5.75 Å². The van der Waals surface area contributed by atoms with E-state index in [2.05, 4.69) is 26.0 Å². The molecule has 1 aromatic rings. The molecule has 48 valence electrons. The van der Waals surface area contributed by atoms with Crippen LogP contribution in [0.5, 0.6) is 0 Å². The molecule has 0 aromatic carbocycles. The second kappa shape index (κ2) is 1.98. The van der Waals surface area contributed by atoms with Crippen LogP contribution in [-0.4, -0.2) is 20.5 Å². The molecule has 0 amide bonds. The van der Waals surface area contributed by atoms with Gasteiger partial charge in [0.25, 0.3) is 0 Å². The molecule has 5 heteroatoms. The van der Waals surface area contributed by atoms with Crippen molar-refractivity contribution in [2.24, 2.45) is 0 Å². The Morgan fingerprint density at radius 1 is 1.67 bits per heavy atom. The van der Waals surface area contributed by atoms with Crippen LogP contribution in [0.2, 0.25) is 0 Å². The summed E-state index contributed by atoms with van der Waals surface area (Å²) in [6.07, 6.45) is 0. The predicted molar refractivity (Wildman–Crippen MR) is 38.4 cm³/mol. The molecule has 0 saturated carbocycles. The van der Waals surface area contributed by atoms with Crippen LogP contribution in [-0.2, 0) is 6.54 Å². The molecular weight excluding hydrogens is 202 g/mol. The zero-order valence-electron chi connectivity index (χ0n) is 4.54. The zero-order chi connectivity index (χ0) is 6.27. The van der Waals surface area contributed by atoms with E-state index in [1.54, 1.807) is 11.8 Å². The minimum absolute atomic E-state index is 0.699. The van der Waals surface area contributed by atoms with Gasteiger partial charge < -0.3 is 0 Å². The highest BCUT2D eigenvalue weighted by atomic mass is 79.9. The standard InChI is InChI=1S/C4H4BrN3S/c5-3-6-4-8(7-3)1-2-9-4/h1-2H2. The summed E-state index contributed by atoms with van der Waals surface area (Å²) >= 11 is 4.95. The molecule has 1 aromatic heterocycles. The second-order valence-electron chi connectivity index (χ2n) is 1.74. The van der Waals surface area contributed by atoms with E-state index >= 15 is 0 Å². The first kappa shape index (κ1) is 5.73. The Morgan fingerprint density at radius 2 is 2.56 bits per heavy atom. The van der Waals surface area contributed by atoms with Crippen molar-refractivity contribution < 1.29 is 0 Å². The molecule has 1 aliphatic rings. The number of rotatable bonds is 0. The molecule has 1 aliphatic heterocycles. The van der Waals surface area contributed by atoms with Crippen molar-refractivity contribution in [2.75, 3.05) is 5.75 Å². The van der Waals surface area contributed by atoms with Gasteiger partial charge in [-0.05, 0) is 15.9 Å². The maximum Gasteiger partial charge on any atom is 0.218 e. The summed E-state index contributed by atoms with van der Waals surface area (Å²) < 4.78 is 2.61. The van der Waals surface area contributed by atoms with Crippen molar-refractivity contribution in [3.63, 3.8) is 0 Å². The molecular formula is C4H4BrN3S. The third kappa shape index (κ3) is 0.880. The Labute approximate surface area is 65.0 Å². The van der Waals surface area contributed by atoms with Gasteiger partial charge in [-0.1, -0.05) is 11.8 Å². The van der Waals surface area contributed by atoms with Crippen LogP contribution in [0, 0.1) is 0 Å². The third-order valence-corrected chi connectivity index (χ3v) is 2.43. The molecule has 0 aliphatic carbocycles. The van der Waals surface area contributed by atoms with Crippen molar-refractivity contribution in [2.45, 2.75) is 11.7 Å². The quantitative estimate of drug-likeness (QED) is 0.637. The number of aryl methyl sites for hydroxylation is 1. The molecule has 9 heavy (non-hydrogen) atoms. The van der Waals surface area contributed by atoms with Crippen molar-refractivity contribution in [1.82, 2.24) is 14.8 Å². The van der Waals surface area contributed by atoms with E-state index in [0.29, 0.717) is 4.73 Å². The van der Waals surface area contributed by atoms with Crippen molar-refractivity contribution >= 4 is 27.7 Å². The number of aromatic nitrogens is 3. The Kier molecular flexibility index (Phi) is 1.26. The molecule has 0 radical (unpaired) electrons. The van der Waals surface area contributed by atoms with E-state index in [0.717, 1.165) is 17.5 Å². The Balaban J connectivity index is 2.51.